The summed E-state index contributed by atoms with van der Waals surface area (Å²) in [7, 11) is 0. The number of nitrogens with one attached hydrogen (secondary N) is 1. The second-order valence-corrected chi connectivity index (χ2v) is 3.84. The maximum absolute atomic E-state index is 13.3. The van der Waals surface area contributed by atoms with Crippen LogP contribution >= 0.6 is 0 Å². The first-order valence-corrected chi connectivity index (χ1v) is 4.87. The van der Waals surface area contributed by atoms with E-state index in [1.807, 2.05) is 13.8 Å². The zero-order valence-electron chi connectivity index (χ0n) is 9.13. The normalized spacial score (nSPS) is 11.6. The van der Waals surface area contributed by atoms with Gasteiger partial charge < -0.3 is 11.1 Å². The third-order valence-electron chi connectivity index (χ3n) is 1.99. The van der Waals surface area contributed by atoms with Gasteiger partial charge in [0.1, 0.15) is 0 Å². The summed E-state index contributed by atoms with van der Waals surface area (Å²) in [6.07, 6.45) is -0.382. The minimum absolute atomic E-state index is 0.00942. The van der Waals surface area contributed by atoms with E-state index in [2.05, 4.69) is 5.32 Å². The van der Waals surface area contributed by atoms with Crippen molar-refractivity contribution in [3.8, 4) is 0 Å². The zero-order valence-corrected chi connectivity index (χ0v) is 9.13. The van der Waals surface area contributed by atoms with E-state index >= 15 is 0 Å². The average Bonchev–Trinajstić information content (AvgIpc) is 2.20. The smallest absolute Gasteiger partial charge is 0.329 e. The van der Waals surface area contributed by atoms with E-state index in [4.69, 9.17) is 5.73 Å². The number of nitrogen functional groups attached to an aromatic ring is 1. The zero-order chi connectivity index (χ0) is 12.3. The number of alkyl halides is 2. The molecule has 0 aliphatic heterocycles. The highest BCUT2D eigenvalue weighted by molar-refractivity contribution is 5.71. The van der Waals surface area contributed by atoms with Gasteiger partial charge in [-0.05, 0) is 32.0 Å². The van der Waals surface area contributed by atoms with Gasteiger partial charge in [0.2, 0.25) is 0 Å². The summed E-state index contributed by atoms with van der Waals surface area (Å²) >= 11 is 0. The van der Waals surface area contributed by atoms with Gasteiger partial charge >= 0.3 is 5.92 Å². The number of carbonyl (C=O) groups is 1. The lowest BCUT2D eigenvalue weighted by Gasteiger charge is -2.18. The van der Waals surface area contributed by atoms with Crippen LogP contribution in [0.4, 0.5) is 20.2 Å². The van der Waals surface area contributed by atoms with Gasteiger partial charge in [-0.3, -0.25) is 4.79 Å². The fraction of sp³-hybridized carbons (Fsp3) is 0.364. The first-order chi connectivity index (χ1) is 7.36. The van der Waals surface area contributed by atoms with Crippen molar-refractivity contribution < 1.29 is 13.6 Å². The summed E-state index contributed by atoms with van der Waals surface area (Å²) in [6, 6.07) is 4.06. The van der Waals surface area contributed by atoms with Gasteiger partial charge in [-0.1, -0.05) is 0 Å². The van der Waals surface area contributed by atoms with E-state index in [0.29, 0.717) is 0 Å². The monoisotopic (exact) mass is 228 g/mol. The predicted octanol–water partition coefficient (Wildman–Crippen LogP) is 2.38. The molecule has 0 bridgehead atoms. The van der Waals surface area contributed by atoms with E-state index in [1.54, 1.807) is 0 Å². The summed E-state index contributed by atoms with van der Waals surface area (Å²) in [5.74, 6) is -3.52. The summed E-state index contributed by atoms with van der Waals surface area (Å²) < 4.78 is 26.6. The van der Waals surface area contributed by atoms with Gasteiger partial charge in [0.15, 0.2) is 6.29 Å². The van der Waals surface area contributed by atoms with Crippen molar-refractivity contribution in [3.05, 3.63) is 23.8 Å². The Kier molecular flexibility index (Phi) is 3.47. The van der Waals surface area contributed by atoms with Crippen LogP contribution in [-0.4, -0.2) is 12.3 Å². The molecule has 3 nitrogen and oxygen atoms in total. The topological polar surface area (TPSA) is 55.1 Å². The highest BCUT2D eigenvalue weighted by Gasteiger charge is 2.33. The van der Waals surface area contributed by atoms with E-state index in [0.717, 1.165) is 6.07 Å². The molecule has 1 rings (SSSR count). The van der Waals surface area contributed by atoms with Crippen LogP contribution in [0, 0.1) is 0 Å². The molecule has 1 aromatic rings. The Morgan fingerprint density at radius 2 is 2.06 bits per heavy atom. The van der Waals surface area contributed by atoms with E-state index in [-0.39, 0.29) is 23.7 Å². The Morgan fingerprint density at radius 3 is 2.56 bits per heavy atom. The van der Waals surface area contributed by atoms with Gasteiger partial charge in [0.05, 0.1) is 5.56 Å². The van der Waals surface area contributed by atoms with Gasteiger partial charge in [-0.25, -0.2) is 0 Å². The maximum atomic E-state index is 13.3. The SMILES string of the molecule is CC(C)Nc1ccc(N)cc1C(F)(F)C=O. The molecular formula is C11H14F2N2O. The van der Waals surface area contributed by atoms with Gasteiger partial charge in [-0.2, -0.15) is 8.78 Å². The largest absolute Gasteiger partial charge is 0.399 e. The van der Waals surface area contributed by atoms with Crippen LogP contribution in [0.3, 0.4) is 0 Å². The number of nitrogens with two attached hydrogens (primary N) is 1. The number of rotatable bonds is 4. The molecular weight excluding hydrogens is 214 g/mol. The van der Waals surface area contributed by atoms with Crippen LogP contribution < -0.4 is 11.1 Å². The highest BCUT2D eigenvalue weighted by atomic mass is 19.3. The molecule has 0 saturated heterocycles. The molecule has 0 aliphatic carbocycles. The summed E-state index contributed by atoms with van der Waals surface area (Å²) in [5.41, 5.74) is 5.46. The molecule has 0 amide bonds. The number of hydrogen-bond donors (Lipinski definition) is 2. The summed E-state index contributed by atoms with van der Waals surface area (Å²) in [5, 5.41) is 2.85. The van der Waals surface area contributed by atoms with Crippen molar-refractivity contribution in [2.45, 2.75) is 25.8 Å². The molecule has 1 aromatic carbocycles. The van der Waals surface area contributed by atoms with Crippen LogP contribution in [0.2, 0.25) is 0 Å². The molecule has 0 aliphatic rings. The third kappa shape index (κ3) is 2.68. The molecule has 0 atom stereocenters. The van der Waals surface area contributed by atoms with E-state index < -0.39 is 11.5 Å². The van der Waals surface area contributed by atoms with Crippen LogP contribution in [0.5, 0.6) is 0 Å². The summed E-state index contributed by atoms with van der Waals surface area (Å²) in [4.78, 5) is 10.4. The Labute approximate surface area is 92.6 Å². The van der Waals surface area contributed by atoms with Crippen molar-refractivity contribution in [1.29, 1.82) is 0 Å². The Morgan fingerprint density at radius 1 is 1.44 bits per heavy atom. The van der Waals surface area contributed by atoms with Crippen molar-refractivity contribution in [3.63, 3.8) is 0 Å². The molecule has 0 radical (unpaired) electrons. The number of carbonyl (C=O) groups excluding carboxylic acids is 1. The van der Waals surface area contributed by atoms with Crippen LogP contribution in [0.1, 0.15) is 19.4 Å². The number of aldehydes is 1. The number of halogens is 2. The molecule has 0 saturated carbocycles. The van der Waals surface area contributed by atoms with E-state index in [1.165, 1.54) is 12.1 Å². The first-order valence-electron chi connectivity index (χ1n) is 4.87. The molecule has 0 heterocycles. The average molecular weight is 228 g/mol. The quantitative estimate of drug-likeness (QED) is 0.614. The second-order valence-electron chi connectivity index (χ2n) is 3.84. The maximum Gasteiger partial charge on any atom is 0.329 e. The lowest BCUT2D eigenvalue weighted by atomic mass is 10.1. The minimum Gasteiger partial charge on any atom is -0.399 e. The molecule has 0 fully saturated rings. The Bertz CT molecular complexity index is 392. The van der Waals surface area contributed by atoms with Crippen LogP contribution in [-0.2, 0) is 10.7 Å². The third-order valence-corrected chi connectivity index (χ3v) is 1.99. The number of hydrogen-bond acceptors (Lipinski definition) is 3. The predicted molar refractivity (Wildman–Crippen MR) is 59.6 cm³/mol. The van der Waals surface area contributed by atoms with Crippen molar-refractivity contribution in [2.75, 3.05) is 11.1 Å². The second kappa shape index (κ2) is 4.47. The molecule has 0 aromatic heterocycles. The molecule has 5 heteroatoms. The van der Waals surface area contributed by atoms with E-state index in [9.17, 15) is 13.6 Å². The van der Waals surface area contributed by atoms with Crippen molar-refractivity contribution in [1.82, 2.24) is 0 Å². The standard InChI is InChI=1S/C11H14F2N2O/c1-7(2)15-10-4-3-8(14)5-9(10)11(12,13)6-16/h3-7,15H,14H2,1-2H3. The minimum atomic E-state index is -3.52. The number of benzene rings is 1. The van der Waals surface area contributed by atoms with Crippen LogP contribution in [0.25, 0.3) is 0 Å². The molecule has 16 heavy (non-hydrogen) atoms. The first kappa shape index (κ1) is 12.4. The lowest BCUT2D eigenvalue weighted by Crippen LogP contribution is -2.20. The molecule has 3 N–H and O–H groups in total. The highest BCUT2D eigenvalue weighted by Crippen LogP contribution is 2.33. The summed E-state index contributed by atoms with van der Waals surface area (Å²) in [6.45, 7) is 3.64. The van der Waals surface area contributed by atoms with Gasteiger partial charge in [0.25, 0.3) is 0 Å². The fourth-order valence-electron chi connectivity index (χ4n) is 1.34. The van der Waals surface area contributed by atoms with Gasteiger partial charge in [0, 0.05) is 17.4 Å². The van der Waals surface area contributed by atoms with Crippen molar-refractivity contribution in [2.24, 2.45) is 0 Å². The fourth-order valence-corrected chi connectivity index (χ4v) is 1.34. The molecule has 0 spiro atoms. The van der Waals surface area contributed by atoms with Crippen molar-refractivity contribution >= 4 is 17.7 Å². The Balaban J connectivity index is 3.23. The molecule has 0 unspecified atom stereocenters. The van der Waals surface area contributed by atoms with Gasteiger partial charge in [-0.15, -0.1) is 0 Å². The Hall–Kier alpha value is -1.65. The lowest BCUT2D eigenvalue weighted by molar-refractivity contribution is -0.130. The number of anilines is 2. The van der Waals surface area contributed by atoms with Crippen LogP contribution in [0.15, 0.2) is 18.2 Å². The molecule has 88 valence electrons.